The minimum absolute atomic E-state index is 0.0830. The number of hydrogen-bond acceptors (Lipinski definition) is 4. The highest BCUT2D eigenvalue weighted by molar-refractivity contribution is 4.90. The number of nitrogens with one attached hydrogen (secondary N) is 1. The van der Waals surface area contributed by atoms with Gasteiger partial charge in [-0.15, -0.1) is 0 Å². The topological polar surface area (TPSA) is 33.7 Å². The van der Waals surface area contributed by atoms with Gasteiger partial charge in [-0.05, 0) is 20.3 Å². The van der Waals surface area contributed by atoms with Crippen molar-refractivity contribution >= 4 is 0 Å². The van der Waals surface area contributed by atoms with Crippen LogP contribution in [0.15, 0.2) is 0 Å². The first-order valence-electron chi connectivity index (χ1n) is 6.83. The standard InChI is InChI=1S/C13H26N2O2/c1-4-12-8-16-11(2)7-15(12)5-6-17-13(3)9-14-10-13/h11-12,14H,4-10H2,1-3H3. The van der Waals surface area contributed by atoms with E-state index in [1.165, 1.54) is 0 Å². The zero-order valence-corrected chi connectivity index (χ0v) is 11.4. The Morgan fingerprint density at radius 3 is 2.82 bits per heavy atom. The molecule has 2 aliphatic heterocycles. The third-order valence-electron chi connectivity index (χ3n) is 3.88. The second-order valence-corrected chi connectivity index (χ2v) is 5.60. The summed E-state index contributed by atoms with van der Waals surface area (Å²) in [6.07, 6.45) is 1.52. The Morgan fingerprint density at radius 2 is 2.24 bits per heavy atom. The van der Waals surface area contributed by atoms with Crippen molar-refractivity contribution in [1.29, 1.82) is 0 Å². The highest BCUT2D eigenvalue weighted by Gasteiger charge is 2.33. The van der Waals surface area contributed by atoms with Gasteiger partial charge in [-0.3, -0.25) is 4.90 Å². The van der Waals surface area contributed by atoms with E-state index in [0.717, 1.165) is 45.8 Å². The fourth-order valence-corrected chi connectivity index (χ4v) is 2.55. The summed E-state index contributed by atoms with van der Waals surface area (Å²) in [6, 6.07) is 0.571. The molecule has 2 aliphatic rings. The molecule has 0 aromatic rings. The van der Waals surface area contributed by atoms with Crippen LogP contribution in [0.3, 0.4) is 0 Å². The number of hydrogen-bond donors (Lipinski definition) is 1. The van der Waals surface area contributed by atoms with E-state index in [4.69, 9.17) is 9.47 Å². The average molecular weight is 242 g/mol. The van der Waals surface area contributed by atoms with Gasteiger partial charge in [-0.25, -0.2) is 0 Å². The number of nitrogens with zero attached hydrogens (tertiary/aromatic N) is 1. The highest BCUT2D eigenvalue weighted by atomic mass is 16.5. The normalized spacial score (nSPS) is 33.4. The van der Waals surface area contributed by atoms with Gasteiger partial charge in [0, 0.05) is 32.2 Å². The second-order valence-electron chi connectivity index (χ2n) is 5.60. The first kappa shape index (κ1) is 13.3. The lowest BCUT2D eigenvalue weighted by Gasteiger charge is -2.41. The quantitative estimate of drug-likeness (QED) is 0.775. The maximum atomic E-state index is 5.95. The Morgan fingerprint density at radius 1 is 1.47 bits per heavy atom. The molecule has 4 nitrogen and oxygen atoms in total. The summed E-state index contributed by atoms with van der Waals surface area (Å²) >= 11 is 0. The molecule has 17 heavy (non-hydrogen) atoms. The van der Waals surface area contributed by atoms with Crippen molar-refractivity contribution in [3.8, 4) is 0 Å². The Kier molecular flexibility index (Phi) is 4.42. The van der Waals surface area contributed by atoms with Crippen LogP contribution in [0.25, 0.3) is 0 Å². The molecule has 2 rings (SSSR count). The van der Waals surface area contributed by atoms with Gasteiger partial charge in [0.15, 0.2) is 0 Å². The predicted molar refractivity (Wildman–Crippen MR) is 68.3 cm³/mol. The van der Waals surface area contributed by atoms with Crippen LogP contribution in [0.2, 0.25) is 0 Å². The van der Waals surface area contributed by atoms with E-state index in [0.29, 0.717) is 12.1 Å². The monoisotopic (exact) mass is 242 g/mol. The maximum absolute atomic E-state index is 5.95. The smallest absolute Gasteiger partial charge is 0.0902 e. The van der Waals surface area contributed by atoms with E-state index in [1.54, 1.807) is 0 Å². The molecular formula is C13H26N2O2. The highest BCUT2D eigenvalue weighted by Crippen LogP contribution is 2.17. The van der Waals surface area contributed by atoms with Gasteiger partial charge < -0.3 is 14.8 Å². The molecule has 2 heterocycles. The first-order valence-corrected chi connectivity index (χ1v) is 6.83. The summed E-state index contributed by atoms with van der Waals surface area (Å²) in [5, 5.41) is 3.26. The Labute approximate surface area is 105 Å². The summed E-state index contributed by atoms with van der Waals surface area (Å²) in [5.41, 5.74) is 0.0830. The molecule has 0 aromatic heterocycles. The lowest BCUT2D eigenvalue weighted by Crippen LogP contribution is -2.59. The summed E-state index contributed by atoms with van der Waals surface area (Å²) in [5.74, 6) is 0. The van der Waals surface area contributed by atoms with E-state index in [1.807, 2.05) is 0 Å². The molecule has 2 atom stereocenters. The van der Waals surface area contributed by atoms with Crippen LogP contribution in [0.5, 0.6) is 0 Å². The second kappa shape index (κ2) is 5.65. The predicted octanol–water partition coefficient (Wildman–Crippen LogP) is 0.864. The van der Waals surface area contributed by atoms with Crippen molar-refractivity contribution in [2.24, 2.45) is 0 Å². The van der Waals surface area contributed by atoms with E-state index in [2.05, 4.69) is 31.0 Å². The van der Waals surface area contributed by atoms with Gasteiger partial charge in [0.05, 0.1) is 24.9 Å². The van der Waals surface area contributed by atoms with Crippen LogP contribution >= 0.6 is 0 Å². The molecule has 1 N–H and O–H groups in total. The van der Waals surface area contributed by atoms with Crippen molar-refractivity contribution in [2.45, 2.75) is 44.9 Å². The lowest BCUT2D eigenvalue weighted by atomic mass is 10.0. The molecule has 0 amide bonds. The third-order valence-corrected chi connectivity index (χ3v) is 3.88. The molecule has 0 saturated carbocycles. The van der Waals surface area contributed by atoms with Crippen molar-refractivity contribution in [1.82, 2.24) is 10.2 Å². The molecule has 0 aliphatic carbocycles. The molecule has 0 bridgehead atoms. The molecule has 0 aromatic carbocycles. The van der Waals surface area contributed by atoms with Crippen LogP contribution in [0.1, 0.15) is 27.2 Å². The third kappa shape index (κ3) is 3.41. The Hall–Kier alpha value is -0.160. The van der Waals surface area contributed by atoms with Crippen LogP contribution in [0, 0.1) is 0 Å². The molecule has 4 heteroatoms. The van der Waals surface area contributed by atoms with Crippen molar-refractivity contribution in [3.05, 3.63) is 0 Å². The van der Waals surface area contributed by atoms with Crippen LogP contribution < -0.4 is 5.32 Å². The Bertz CT molecular complexity index is 244. The SMILES string of the molecule is CCC1COC(C)CN1CCOC1(C)CNC1. The number of ether oxygens (including phenoxy) is 2. The van der Waals surface area contributed by atoms with Crippen molar-refractivity contribution < 1.29 is 9.47 Å². The lowest BCUT2D eigenvalue weighted by molar-refractivity contribution is -0.0963. The van der Waals surface area contributed by atoms with Crippen LogP contribution in [-0.2, 0) is 9.47 Å². The van der Waals surface area contributed by atoms with Crippen molar-refractivity contribution in [3.63, 3.8) is 0 Å². The number of morpholine rings is 1. The van der Waals surface area contributed by atoms with Crippen LogP contribution in [0.4, 0.5) is 0 Å². The van der Waals surface area contributed by atoms with E-state index < -0.39 is 0 Å². The van der Waals surface area contributed by atoms with E-state index in [9.17, 15) is 0 Å². The molecular weight excluding hydrogens is 216 g/mol. The number of rotatable bonds is 5. The van der Waals surface area contributed by atoms with Gasteiger partial charge in [0.25, 0.3) is 0 Å². The molecule has 0 radical (unpaired) electrons. The molecule has 2 unspecified atom stereocenters. The van der Waals surface area contributed by atoms with Crippen molar-refractivity contribution in [2.75, 3.05) is 39.4 Å². The average Bonchev–Trinajstić information content (AvgIpc) is 2.27. The first-order chi connectivity index (χ1) is 8.13. The molecule has 2 saturated heterocycles. The largest absolute Gasteiger partial charge is 0.376 e. The zero-order chi connectivity index (χ0) is 12.3. The fourth-order valence-electron chi connectivity index (χ4n) is 2.55. The minimum atomic E-state index is 0.0830. The molecule has 100 valence electrons. The van der Waals surface area contributed by atoms with Gasteiger partial charge in [-0.1, -0.05) is 6.92 Å². The zero-order valence-electron chi connectivity index (χ0n) is 11.4. The van der Waals surface area contributed by atoms with Gasteiger partial charge in [-0.2, -0.15) is 0 Å². The van der Waals surface area contributed by atoms with Gasteiger partial charge >= 0.3 is 0 Å². The minimum Gasteiger partial charge on any atom is -0.376 e. The van der Waals surface area contributed by atoms with Gasteiger partial charge in [0.1, 0.15) is 0 Å². The van der Waals surface area contributed by atoms with Gasteiger partial charge in [0.2, 0.25) is 0 Å². The van der Waals surface area contributed by atoms with E-state index in [-0.39, 0.29) is 5.60 Å². The van der Waals surface area contributed by atoms with E-state index >= 15 is 0 Å². The maximum Gasteiger partial charge on any atom is 0.0902 e. The Balaban J connectivity index is 1.72. The summed E-state index contributed by atoms with van der Waals surface area (Å²) in [4.78, 5) is 2.52. The van der Waals surface area contributed by atoms with Crippen LogP contribution in [-0.4, -0.2) is 62.0 Å². The molecule has 0 spiro atoms. The summed E-state index contributed by atoms with van der Waals surface area (Å²) in [7, 11) is 0. The summed E-state index contributed by atoms with van der Waals surface area (Å²) in [6.45, 7) is 12.3. The fraction of sp³-hybridized carbons (Fsp3) is 1.00. The molecule has 2 fully saturated rings. The summed E-state index contributed by atoms with van der Waals surface area (Å²) < 4.78 is 11.6.